The van der Waals surface area contributed by atoms with Gasteiger partial charge in [0.25, 0.3) is 0 Å². The van der Waals surface area contributed by atoms with Crippen molar-refractivity contribution in [2.75, 3.05) is 0 Å². The van der Waals surface area contributed by atoms with Crippen LogP contribution >= 0.6 is 0 Å². The molecule has 1 aromatic carbocycles. The summed E-state index contributed by atoms with van der Waals surface area (Å²) < 4.78 is 25.4. The fraction of sp³-hybridized carbons (Fsp3) is 0.440. The zero-order chi connectivity index (χ0) is 24.0. The largest absolute Gasteiger partial charge is 0.497 e. The molecule has 3 aromatic rings. The molecule has 7 nitrogen and oxygen atoms in total. The molecule has 1 saturated heterocycles. The van der Waals surface area contributed by atoms with Crippen molar-refractivity contribution in [2.24, 2.45) is 0 Å². The van der Waals surface area contributed by atoms with Gasteiger partial charge in [-0.1, -0.05) is 30.3 Å². The van der Waals surface area contributed by atoms with Crippen LogP contribution in [0.15, 0.2) is 48.7 Å². The molecule has 1 fully saturated rings. The second kappa shape index (κ2) is 8.19. The van der Waals surface area contributed by atoms with E-state index < -0.39 is 30.0 Å². The first-order valence-corrected chi connectivity index (χ1v) is 11.1. The van der Waals surface area contributed by atoms with Crippen LogP contribution in [0.1, 0.15) is 54.0 Å². The summed E-state index contributed by atoms with van der Waals surface area (Å²) in [7, 11) is -0.640. The zero-order valence-electron chi connectivity index (χ0n) is 20.3. The number of hydrogen-bond acceptors (Lipinski definition) is 6. The van der Waals surface area contributed by atoms with Gasteiger partial charge in [-0.05, 0) is 60.1 Å². The number of nitrogens with zero attached hydrogens (tertiary/aromatic N) is 2. The lowest BCUT2D eigenvalue weighted by Gasteiger charge is -2.32. The summed E-state index contributed by atoms with van der Waals surface area (Å²) in [5.74, 6) is 0.412. The second-order valence-electron chi connectivity index (χ2n) is 10.3. The number of aromatic nitrogens is 2. The Hall–Kier alpha value is -2.84. The van der Waals surface area contributed by atoms with Crippen molar-refractivity contribution in [1.29, 1.82) is 0 Å². The van der Waals surface area contributed by atoms with Crippen LogP contribution in [0.25, 0.3) is 11.0 Å². The molecule has 33 heavy (non-hydrogen) atoms. The molecule has 0 spiro atoms. The third-order valence-corrected chi connectivity index (χ3v) is 5.98. The van der Waals surface area contributed by atoms with Gasteiger partial charge in [-0.3, -0.25) is 0 Å². The van der Waals surface area contributed by atoms with Crippen LogP contribution in [0, 0.1) is 0 Å². The third kappa shape index (κ3) is 4.77. The van der Waals surface area contributed by atoms with Crippen molar-refractivity contribution >= 4 is 29.7 Å². The zero-order valence-corrected chi connectivity index (χ0v) is 20.3. The highest BCUT2D eigenvalue weighted by Gasteiger charge is 2.52. The number of carbonyl (C=O) groups is 1. The average Bonchev–Trinajstić information content (AvgIpc) is 3.19. The van der Waals surface area contributed by atoms with E-state index in [-0.39, 0.29) is 0 Å². The molecule has 0 aliphatic carbocycles. The predicted molar refractivity (Wildman–Crippen MR) is 128 cm³/mol. The molecule has 2 aromatic heterocycles. The number of ether oxygens (including phenoxy) is 2. The Morgan fingerprint density at radius 2 is 1.67 bits per heavy atom. The lowest BCUT2D eigenvalue weighted by atomic mass is 9.79. The maximum atomic E-state index is 13.0. The topological polar surface area (TPSA) is 71.8 Å². The Kier molecular flexibility index (Phi) is 5.79. The highest BCUT2D eigenvalue weighted by molar-refractivity contribution is 6.65. The molecule has 174 valence electrons. The van der Waals surface area contributed by atoms with Gasteiger partial charge in [0.15, 0.2) is 5.65 Å². The minimum absolute atomic E-state index is 0.372. The van der Waals surface area contributed by atoms with Gasteiger partial charge >= 0.3 is 13.2 Å². The van der Waals surface area contributed by atoms with Gasteiger partial charge in [-0.2, -0.15) is 4.98 Å². The van der Waals surface area contributed by atoms with E-state index in [1.165, 1.54) is 4.57 Å². The Bertz CT molecular complexity index is 1150. The molecule has 0 amide bonds. The number of rotatable bonds is 4. The van der Waals surface area contributed by atoms with E-state index in [0.29, 0.717) is 18.1 Å². The van der Waals surface area contributed by atoms with Crippen LogP contribution in [0.2, 0.25) is 0 Å². The van der Waals surface area contributed by atoms with E-state index in [9.17, 15) is 4.79 Å². The number of pyridine rings is 1. The Labute approximate surface area is 195 Å². The normalized spacial score (nSPS) is 17.4. The number of benzene rings is 1. The minimum atomic E-state index is -0.653. The van der Waals surface area contributed by atoms with Crippen LogP contribution in [-0.2, 0) is 20.7 Å². The molecule has 0 atom stereocenters. The molecule has 0 unspecified atom stereocenters. The van der Waals surface area contributed by atoms with Crippen LogP contribution in [0.3, 0.4) is 0 Å². The molecule has 1 aliphatic heterocycles. The maximum Gasteiger partial charge on any atom is 0.497 e. The van der Waals surface area contributed by atoms with Gasteiger partial charge in [0.2, 0.25) is 5.88 Å². The maximum absolute atomic E-state index is 13.0. The van der Waals surface area contributed by atoms with Gasteiger partial charge in [0.1, 0.15) is 12.2 Å². The average molecular weight is 450 g/mol. The number of hydrogen-bond donors (Lipinski definition) is 0. The second-order valence-corrected chi connectivity index (χ2v) is 10.3. The van der Waals surface area contributed by atoms with E-state index in [1.54, 1.807) is 12.3 Å². The van der Waals surface area contributed by atoms with Crippen molar-refractivity contribution in [3.63, 3.8) is 0 Å². The Morgan fingerprint density at radius 1 is 1.03 bits per heavy atom. The predicted octanol–water partition coefficient (Wildman–Crippen LogP) is 4.70. The van der Waals surface area contributed by atoms with Gasteiger partial charge in [-0.25, -0.2) is 9.36 Å². The molecule has 4 rings (SSSR count). The van der Waals surface area contributed by atoms with Crippen molar-refractivity contribution in [1.82, 2.24) is 9.55 Å². The van der Waals surface area contributed by atoms with E-state index in [1.807, 2.05) is 84.9 Å². The highest BCUT2D eigenvalue weighted by atomic mass is 16.7. The lowest BCUT2D eigenvalue weighted by Crippen LogP contribution is -2.41. The van der Waals surface area contributed by atoms with Crippen molar-refractivity contribution in [3.05, 3.63) is 54.2 Å². The monoisotopic (exact) mass is 450 g/mol. The molecular weight excluding hydrogens is 419 g/mol. The Balaban J connectivity index is 1.72. The van der Waals surface area contributed by atoms with Crippen LogP contribution < -0.4 is 10.2 Å². The Morgan fingerprint density at radius 3 is 2.27 bits per heavy atom. The summed E-state index contributed by atoms with van der Waals surface area (Å²) in [5.41, 5.74) is 0.504. The van der Waals surface area contributed by atoms with Crippen LogP contribution in [0.4, 0.5) is 4.79 Å². The molecule has 8 heteroatoms. The molecule has 0 saturated carbocycles. The molecule has 3 heterocycles. The summed E-state index contributed by atoms with van der Waals surface area (Å²) in [6, 6.07) is 13.5. The van der Waals surface area contributed by atoms with E-state index in [4.69, 9.17) is 18.8 Å². The van der Waals surface area contributed by atoms with Crippen LogP contribution in [-0.4, -0.2) is 39.6 Å². The molecule has 0 radical (unpaired) electrons. The van der Waals surface area contributed by atoms with E-state index >= 15 is 0 Å². The number of carbonyl (C=O) groups excluding carboxylic acids is 1. The van der Waals surface area contributed by atoms with Gasteiger partial charge in [0, 0.05) is 23.1 Å². The van der Waals surface area contributed by atoms with Gasteiger partial charge in [-0.15, -0.1) is 0 Å². The van der Waals surface area contributed by atoms with E-state index in [0.717, 1.165) is 16.4 Å². The van der Waals surface area contributed by atoms with Gasteiger partial charge < -0.3 is 18.8 Å². The molecule has 0 bridgehead atoms. The minimum Gasteiger partial charge on any atom is -0.473 e. The standard InChI is InChI=1S/C25H31BN2O5/c1-23(2,3)31-22(29)28-15-19(26-32-24(4,5)25(6,7)33-26)18-13-14-20(27-21(18)28)30-16-17-11-9-8-10-12-17/h8-15H,16H2,1-7H3. The number of fused-ring (bicyclic) bond motifs is 1. The first-order chi connectivity index (χ1) is 15.4. The molecular formula is C25H31BN2O5. The summed E-state index contributed by atoms with van der Waals surface area (Å²) in [5, 5.41) is 0.742. The molecule has 1 aliphatic rings. The van der Waals surface area contributed by atoms with Crippen molar-refractivity contribution < 1.29 is 23.6 Å². The van der Waals surface area contributed by atoms with Crippen molar-refractivity contribution in [2.45, 2.75) is 71.9 Å². The molecule has 0 N–H and O–H groups in total. The lowest BCUT2D eigenvalue weighted by molar-refractivity contribution is 0.00578. The smallest absolute Gasteiger partial charge is 0.473 e. The van der Waals surface area contributed by atoms with Gasteiger partial charge in [0.05, 0.1) is 11.2 Å². The summed E-state index contributed by atoms with van der Waals surface area (Å²) in [6.07, 6.45) is 1.16. The first kappa shape index (κ1) is 23.3. The van der Waals surface area contributed by atoms with Crippen LogP contribution in [0.5, 0.6) is 5.88 Å². The fourth-order valence-electron chi connectivity index (χ4n) is 3.53. The van der Waals surface area contributed by atoms with Crippen molar-refractivity contribution in [3.8, 4) is 5.88 Å². The summed E-state index contributed by atoms with van der Waals surface area (Å²) in [4.78, 5) is 17.7. The van der Waals surface area contributed by atoms with E-state index in [2.05, 4.69) is 4.98 Å². The summed E-state index contributed by atoms with van der Waals surface area (Å²) in [6.45, 7) is 13.8. The highest BCUT2D eigenvalue weighted by Crippen LogP contribution is 2.37. The SMILES string of the molecule is CC(C)(C)OC(=O)n1cc(B2OC(C)(C)C(C)(C)O2)c2ccc(OCc3ccccc3)nc21. The quantitative estimate of drug-likeness (QED) is 0.537. The fourth-order valence-corrected chi connectivity index (χ4v) is 3.53. The third-order valence-electron chi connectivity index (χ3n) is 5.98. The summed E-state index contributed by atoms with van der Waals surface area (Å²) >= 11 is 0. The first-order valence-electron chi connectivity index (χ1n) is 11.1.